The lowest BCUT2D eigenvalue weighted by Gasteiger charge is -2.06. The van der Waals surface area contributed by atoms with Crippen molar-refractivity contribution in [3.63, 3.8) is 0 Å². The molecule has 0 saturated heterocycles. The number of anilines is 1. The van der Waals surface area contributed by atoms with Crippen molar-refractivity contribution in [2.24, 2.45) is 5.14 Å². The minimum Gasteiger partial charge on any atom is -0.480 e. The number of nitrogens with two attached hydrogens (primary N) is 1. The highest BCUT2D eigenvalue weighted by Crippen LogP contribution is 2.13. The molecule has 0 aliphatic heterocycles. The highest BCUT2D eigenvalue weighted by atomic mass is 32.2. The zero-order chi connectivity index (χ0) is 14.5. The van der Waals surface area contributed by atoms with Crippen LogP contribution in [0.5, 0.6) is 0 Å². The van der Waals surface area contributed by atoms with Gasteiger partial charge in [-0.15, -0.1) is 0 Å². The van der Waals surface area contributed by atoms with E-state index in [1.165, 1.54) is 24.3 Å². The molecule has 0 fully saturated rings. The van der Waals surface area contributed by atoms with Gasteiger partial charge in [-0.3, -0.25) is 4.79 Å². The fourth-order valence-corrected chi connectivity index (χ4v) is 1.74. The first-order chi connectivity index (χ1) is 8.79. The van der Waals surface area contributed by atoms with Crippen LogP contribution in [0.4, 0.5) is 5.69 Å². The van der Waals surface area contributed by atoms with Gasteiger partial charge in [0.1, 0.15) is 13.2 Å². The maximum Gasteiger partial charge on any atom is 0.329 e. The second-order valence-electron chi connectivity index (χ2n) is 3.51. The molecule has 0 atom stereocenters. The first-order valence-electron chi connectivity index (χ1n) is 5.01. The van der Waals surface area contributed by atoms with Crippen LogP contribution in [0.2, 0.25) is 0 Å². The van der Waals surface area contributed by atoms with Crippen molar-refractivity contribution in [3.05, 3.63) is 24.3 Å². The number of hydrogen-bond acceptors (Lipinski definition) is 5. The minimum atomic E-state index is -3.85. The van der Waals surface area contributed by atoms with E-state index in [1.54, 1.807) is 0 Å². The molecule has 1 rings (SSSR count). The SMILES string of the molecule is NS(=O)(=O)c1cccc(NC(=O)COCC(=O)O)c1. The summed E-state index contributed by atoms with van der Waals surface area (Å²) in [6.45, 7) is -1.05. The van der Waals surface area contributed by atoms with Gasteiger partial charge in [0.05, 0.1) is 4.90 Å². The molecule has 104 valence electrons. The van der Waals surface area contributed by atoms with E-state index in [0.717, 1.165) is 0 Å². The fraction of sp³-hybridized carbons (Fsp3) is 0.200. The number of benzene rings is 1. The lowest BCUT2D eigenvalue weighted by Crippen LogP contribution is -2.21. The summed E-state index contributed by atoms with van der Waals surface area (Å²) in [5.74, 6) is -1.79. The Kier molecular flexibility index (Phi) is 4.98. The van der Waals surface area contributed by atoms with Gasteiger partial charge in [0, 0.05) is 5.69 Å². The van der Waals surface area contributed by atoms with Crippen LogP contribution in [0.1, 0.15) is 0 Å². The van der Waals surface area contributed by atoms with E-state index < -0.39 is 35.1 Å². The van der Waals surface area contributed by atoms with Crippen LogP contribution in [-0.2, 0) is 24.3 Å². The Balaban J connectivity index is 2.62. The second kappa shape index (κ2) is 6.27. The Morgan fingerprint density at radius 2 is 2.00 bits per heavy atom. The summed E-state index contributed by atoms with van der Waals surface area (Å²) in [7, 11) is -3.85. The van der Waals surface area contributed by atoms with Crippen LogP contribution < -0.4 is 10.5 Å². The molecule has 9 heteroatoms. The van der Waals surface area contributed by atoms with Crippen molar-refractivity contribution in [2.75, 3.05) is 18.5 Å². The lowest BCUT2D eigenvalue weighted by atomic mass is 10.3. The molecule has 4 N–H and O–H groups in total. The summed E-state index contributed by atoms with van der Waals surface area (Å²) in [5.41, 5.74) is 0.218. The van der Waals surface area contributed by atoms with Crippen LogP contribution in [0, 0.1) is 0 Å². The summed E-state index contributed by atoms with van der Waals surface area (Å²) < 4.78 is 26.8. The predicted octanol–water partition coefficient (Wildman–Crippen LogP) is -0.626. The van der Waals surface area contributed by atoms with E-state index in [4.69, 9.17) is 10.2 Å². The number of carbonyl (C=O) groups excluding carboxylic acids is 1. The molecule has 1 aromatic rings. The molecule has 0 aliphatic carbocycles. The molecule has 0 unspecified atom stereocenters. The van der Waals surface area contributed by atoms with Crippen LogP contribution in [0.25, 0.3) is 0 Å². The van der Waals surface area contributed by atoms with Crippen molar-refractivity contribution < 1.29 is 27.9 Å². The zero-order valence-corrected chi connectivity index (χ0v) is 10.5. The molecule has 0 spiro atoms. The highest BCUT2D eigenvalue weighted by Gasteiger charge is 2.09. The Labute approximate surface area is 109 Å². The number of amides is 1. The predicted molar refractivity (Wildman–Crippen MR) is 64.9 cm³/mol. The highest BCUT2D eigenvalue weighted by molar-refractivity contribution is 7.89. The third-order valence-corrected chi connectivity index (χ3v) is 2.82. The first-order valence-corrected chi connectivity index (χ1v) is 6.56. The van der Waals surface area contributed by atoms with Crippen molar-refractivity contribution in [3.8, 4) is 0 Å². The molecule has 0 aliphatic rings. The van der Waals surface area contributed by atoms with Gasteiger partial charge in [-0.25, -0.2) is 18.4 Å². The molecule has 0 aromatic heterocycles. The zero-order valence-electron chi connectivity index (χ0n) is 9.70. The van der Waals surface area contributed by atoms with E-state index in [1.807, 2.05) is 0 Å². The number of nitrogens with one attached hydrogen (secondary N) is 1. The largest absolute Gasteiger partial charge is 0.480 e. The molecule has 0 heterocycles. The van der Waals surface area contributed by atoms with Gasteiger partial charge < -0.3 is 15.2 Å². The van der Waals surface area contributed by atoms with Crippen molar-refractivity contribution >= 4 is 27.6 Å². The second-order valence-corrected chi connectivity index (χ2v) is 5.07. The molecule has 0 bridgehead atoms. The summed E-state index contributed by atoms with van der Waals surface area (Å²) in [4.78, 5) is 21.4. The summed E-state index contributed by atoms with van der Waals surface area (Å²) in [6.07, 6.45) is 0. The minimum absolute atomic E-state index is 0.142. The number of carbonyl (C=O) groups is 2. The number of sulfonamides is 1. The molecular weight excluding hydrogens is 276 g/mol. The van der Waals surface area contributed by atoms with Crippen molar-refractivity contribution in [1.29, 1.82) is 0 Å². The van der Waals surface area contributed by atoms with Crippen LogP contribution in [0.3, 0.4) is 0 Å². The normalized spacial score (nSPS) is 11.0. The van der Waals surface area contributed by atoms with Gasteiger partial charge in [-0.2, -0.15) is 0 Å². The quantitative estimate of drug-likeness (QED) is 0.638. The van der Waals surface area contributed by atoms with Gasteiger partial charge in [0.15, 0.2) is 0 Å². The van der Waals surface area contributed by atoms with Crippen molar-refractivity contribution in [2.45, 2.75) is 4.90 Å². The van der Waals surface area contributed by atoms with E-state index in [2.05, 4.69) is 10.1 Å². The molecule has 19 heavy (non-hydrogen) atoms. The number of primary sulfonamides is 1. The lowest BCUT2D eigenvalue weighted by molar-refractivity contribution is -0.143. The summed E-state index contributed by atoms with van der Waals surface area (Å²) >= 11 is 0. The molecule has 8 nitrogen and oxygen atoms in total. The van der Waals surface area contributed by atoms with Gasteiger partial charge in [0.25, 0.3) is 0 Å². The third-order valence-electron chi connectivity index (χ3n) is 1.91. The topological polar surface area (TPSA) is 136 Å². The molecule has 0 radical (unpaired) electrons. The van der Waals surface area contributed by atoms with E-state index in [0.29, 0.717) is 0 Å². The van der Waals surface area contributed by atoms with Crippen LogP contribution in [-0.4, -0.2) is 38.6 Å². The van der Waals surface area contributed by atoms with Gasteiger partial charge in [-0.1, -0.05) is 6.07 Å². The molecule has 1 aromatic carbocycles. The average Bonchev–Trinajstić information content (AvgIpc) is 2.27. The smallest absolute Gasteiger partial charge is 0.329 e. The number of rotatable bonds is 6. The molecular formula is C10H12N2O6S. The number of ether oxygens (including phenoxy) is 1. The number of hydrogen-bond donors (Lipinski definition) is 3. The Morgan fingerprint density at radius 3 is 2.58 bits per heavy atom. The Bertz CT molecular complexity index is 583. The number of carboxylic acid groups (broad SMARTS) is 1. The maximum atomic E-state index is 11.3. The summed E-state index contributed by atoms with van der Waals surface area (Å²) in [6, 6.07) is 5.34. The monoisotopic (exact) mass is 288 g/mol. The van der Waals surface area contributed by atoms with E-state index in [-0.39, 0.29) is 10.6 Å². The van der Waals surface area contributed by atoms with Gasteiger partial charge in [-0.05, 0) is 18.2 Å². The van der Waals surface area contributed by atoms with Crippen molar-refractivity contribution in [1.82, 2.24) is 0 Å². The van der Waals surface area contributed by atoms with Crippen LogP contribution >= 0.6 is 0 Å². The first kappa shape index (κ1) is 15.1. The van der Waals surface area contributed by atoms with Gasteiger partial charge in [0.2, 0.25) is 15.9 Å². The van der Waals surface area contributed by atoms with E-state index in [9.17, 15) is 18.0 Å². The third kappa shape index (κ3) is 5.46. The Hall–Kier alpha value is -1.97. The molecule has 0 saturated carbocycles. The maximum absolute atomic E-state index is 11.3. The Morgan fingerprint density at radius 1 is 1.32 bits per heavy atom. The van der Waals surface area contributed by atoms with E-state index >= 15 is 0 Å². The fourth-order valence-electron chi connectivity index (χ4n) is 1.18. The average molecular weight is 288 g/mol. The molecule has 1 amide bonds. The number of aliphatic carboxylic acids is 1. The van der Waals surface area contributed by atoms with Crippen LogP contribution in [0.15, 0.2) is 29.2 Å². The summed E-state index contributed by atoms with van der Waals surface area (Å²) in [5, 5.41) is 15.6. The number of carboxylic acids is 1. The van der Waals surface area contributed by atoms with Gasteiger partial charge >= 0.3 is 5.97 Å². The standard InChI is InChI=1S/C10H12N2O6S/c11-19(16,17)8-3-1-2-7(4-8)12-9(13)5-18-6-10(14)15/h1-4H,5-6H2,(H,12,13)(H,14,15)(H2,11,16,17).